The number of ether oxygens (including phenoxy) is 1. The monoisotopic (exact) mass is 283 g/mol. The number of alkyl halides is 3. The maximum absolute atomic E-state index is 11.9. The molecule has 0 spiro atoms. The van der Waals surface area contributed by atoms with E-state index in [0.717, 1.165) is 6.42 Å². The lowest BCUT2D eigenvalue weighted by Gasteiger charge is -2.39. The van der Waals surface area contributed by atoms with Gasteiger partial charge in [0.1, 0.15) is 6.61 Å². The average Bonchev–Trinajstić information content (AvgIpc) is 2.33. The fraction of sp³-hybridized carbons (Fsp3) is 0.917. The number of hydrogen-bond donors (Lipinski definition) is 1. The van der Waals surface area contributed by atoms with Crippen molar-refractivity contribution in [3.63, 3.8) is 0 Å². The van der Waals surface area contributed by atoms with Crippen LogP contribution >= 0.6 is 0 Å². The number of halogens is 3. The van der Waals surface area contributed by atoms with Crippen molar-refractivity contribution in [3.8, 4) is 0 Å². The molecule has 1 saturated heterocycles. The minimum Gasteiger partial charge on any atom is -0.481 e. The smallest absolute Gasteiger partial charge is 0.411 e. The Morgan fingerprint density at radius 1 is 1.47 bits per heavy atom. The highest BCUT2D eigenvalue weighted by Crippen LogP contribution is 2.33. The lowest BCUT2D eigenvalue weighted by Crippen LogP contribution is -2.48. The Morgan fingerprint density at radius 3 is 2.68 bits per heavy atom. The minimum absolute atomic E-state index is 0.0288. The summed E-state index contributed by atoms with van der Waals surface area (Å²) in [5.74, 6) is -0.823. The summed E-state index contributed by atoms with van der Waals surface area (Å²) in [7, 11) is 0. The third-order valence-electron chi connectivity index (χ3n) is 3.60. The molecule has 1 heterocycles. The molecule has 0 bridgehead atoms. The molecule has 19 heavy (non-hydrogen) atoms. The standard InChI is InChI=1S/C12H20F3NO3/c1-2-11(10(17)18)4-3-5-16(8-11)6-7-19-9-12(13,14)15/h2-9H2,1H3,(H,17,18). The van der Waals surface area contributed by atoms with Crippen LogP contribution in [0.4, 0.5) is 13.2 Å². The van der Waals surface area contributed by atoms with E-state index in [4.69, 9.17) is 0 Å². The summed E-state index contributed by atoms with van der Waals surface area (Å²) in [5.41, 5.74) is -0.762. The lowest BCUT2D eigenvalue weighted by atomic mass is 9.78. The maximum atomic E-state index is 11.9. The lowest BCUT2D eigenvalue weighted by molar-refractivity contribution is -0.175. The van der Waals surface area contributed by atoms with E-state index in [1.807, 2.05) is 11.8 Å². The number of hydrogen-bond acceptors (Lipinski definition) is 3. The zero-order chi connectivity index (χ0) is 14.5. The summed E-state index contributed by atoms with van der Waals surface area (Å²) >= 11 is 0. The number of carbonyl (C=O) groups is 1. The van der Waals surface area contributed by atoms with Crippen LogP contribution in [0.25, 0.3) is 0 Å². The van der Waals surface area contributed by atoms with E-state index in [9.17, 15) is 23.1 Å². The van der Waals surface area contributed by atoms with Crippen LogP contribution in [0.1, 0.15) is 26.2 Å². The normalized spacial score (nSPS) is 25.5. The summed E-state index contributed by atoms with van der Waals surface area (Å²) < 4.78 is 40.2. The fourth-order valence-corrected chi connectivity index (χ4v) is 2.41. The molecule has 1 aliphatic rings. The predicted octanol–water partition coefficient (Wildman–Crippen LogP) is 2.14. The van der Waals surface area contributed by atoms with Gasteiger partial charge in [-0.25, -0.2) is 0 Å². The Bertz CT molecular complexity index is 309. The van der Waals surface area contributed by atoms with Gasteiger partial charge in [0.05, 0.1) is 12.0 Å². The molecule has 0 aromatic heterocycles. The van der Waals surface area contributed by atoms with E-state index in [1.165, 1.54) is 0 Å². The van der Waals surface area contributed by atoms with E-state index in [2.05, 4.69) is 4.74 Å². The van der Waals surface area contributed by atoms with Crippen molar-refractivity contribution < 1.29 is 27.8 Å². The molecule has 1 N–H and O–H groups in total. The molecule has 7 heteroatoms. The minimum atomic E-state index is -4.31. The van der Waals surface area contributed by atoms with Crippen LogP contribution in [0.2, 0.25) is 0 Å². The number of carboxylic acid groups (broad SMARTS) is 1. The summed E-state index contributed by atoms with van der Waals surface area (Å²) in [6.07, 6.45) is -2.41. The van der Waals surface area contributed by atoms with Crippen LogP contribution in [-0.4, -0.2) is 55.0 Å². The Labute approximate surface area is 110 Å². The summed E-state index contributed by atoms with van der Waals surface area (Å²) in [6.45, 7) is 1.99. The first kappa shape index (κ1) is 16.2. The van der Waals surface area contributed by atoms with Gasteiger partial charge in [-0.1, -0.05) is 6.92 Å². The van der Waals surface area contributed by atoms with Gasteiger partial charge in [0, 0.05) is 13.1 Å². The molecule has 1 unspecified atom stereocenters. The van der Waals surface area contributed by atoms with Crippen LogP contribution in [0.3, 0.4) is 0 Å². The molecule has 1 atom stereocenters. The van der Waals surface area contributed by atoms with Gasteiger partial charge in [-0.3, -0.25) is 9.69 Å². The second-order valence-electron chi connectivity index (χ2n) is 4.99. The Hall–Kier alpha value is -0.820. The maximum Gasteiger partial charge on any atom is 0.411 e. The first-order chi connectivity index (χ1) is 8.79. The van der Waals surface area contributed by atoms with Gasteiger partial charge in [-0.05, 0) is 25.8 Å². The highest BCUT2D eigenvalue weighted by atomic mass is 19.4. The van der Waals surface area contributed by atoms with Crippen molar-refractivity contribution in [2.75, 3.05) is 32.8 Å². The molecule has 0 aliphatic carbocycles. The van der Waals surface area contributed by atoms with Crippen LogP contribution in [0, 0.1) is 5.41 Å². The molecule has 0 aromatic rings. The number of rotatable bonds is 6. The van der Waals surface area contributed by atoms with Gasteiger partial charge in [-0.15, -0.1) is 0 Å². The Balaban J connectivity index is 2.37. The third kappa shape index (κ3) is 4.99. The summed E-state index contributed by atoms with van der Waals surface area (Å²) in [5, 5.41) is 9.28. The Morgan fingerprint density at radius 2 is 2.16 bits per heavy atom. The molecule has 112 valence electrons. The number of aliphatic carboxylic acids is 1. The second-order valence-corrected chi connectivity index (χ2v) is 4.99. The van der Waals surface area contributed by atoms with Crippen LogP contribution in [0.15, 0.2) is 0 Å². The van der Waals surface area contributed by atoms with Gasteiger partial charge in [0.15, 0.2) is 0 Å². The molecule has 0 radical (unpaired) electrons. The molecular formula is C12H20F3NO3. The van der Waals surface area contributed by atoms with Gasteiger partial charge < -0.3 is 9.84 Å². The van der Waals surface area contributed by atoms with E-state index >= 15 is 0 Å². The Kier molecular flexibility index (Phi) is 5.61. The fourth-order valence-electron chi connectivity index (χ4n) is 2.41. The number of likely N-dealkylation sites (tertiary alicyclic amines) is 1. The van der Waals surface area contributed by atoms with Gasteiger partial charge in [0.2, 0.25) is 0 Å². The number of nitrogens with zero attached hydrogens (tertiary/aromatic N) is 1. The highest BCUT2D eigenvalue weighted by Gasteiger charge is 2.40. The zero-order valence-corrected chi connectivity index (χ0v) is 11.0. The van der Waals surface area contributed by atoms with Crippen molar-refractivity contribution in [2.45, 2.75) is 32.4 Å². The van der Waals surface area contributed by atoms with Crippen molar-refractivity contribution in [3.05, 3.63) is 0 Å². The average molecular weight is 283 g/mol. The molecule has 0 saturated carbocycles. The van der Waals surface area contributed by atoms with Crippen molar-refractivity contribution >= 4 is 5.97 Å². The quantitative estimate of drug-likeness (QED) is 0.759. The topological polar surface area (TPSA) is 49.8 Å². The van der Waals surface area contributed by atoms with Crippen molar-refractivity contribution in [1.29, 1.82) is 0 Å². The molecule has 4 nitrogen and oxygen atoms in total. The third-order valence-corrected chi connectivity index (χ3v) is 3.60. The van der Waals surface area contributed by atoms with Crippen LogP contribution in [-0.2, 0) is 9.53 Å². The first-order valence-electron chi connectivity index (χ1n) is 6.39. The predicted molar refractivity (Wildman–Crippen MR) is 62.9 cm³/mol. The van der Waals surface area contributed by atoms with Crippen molar-refractivity contribution in [2.24, 2.45) is 5.41 Å². The van der Waals surface area contributed by atoms with Crippen LogP contribution < -0.4 is 0 Å². The molecule has 0 amide bonds. The van der Waals surface area contributed by atoms with Crippen LogP contribution in [0.5, 0.6) is 0 Å². The number of carboxylic acids is 1. The molecule has 0 aromatic carbocycles. The largest absolute Gasteiger partial charge is 0.481 e. The zero-order valence-electron chi connectivity index (χ0n) is 11.0. The number of piperidine rings is 1. The highest BCUT2D eigenvalue weighted by molar-refractivity contribution is 5.75. The van der Waals surface area contributed by atoms with E-state index < -0.39 is 24.2 Å². The summed E-state index contributed by atoms with van der Waals surface area (Å²) in [4.78, 5) is 13.2. The van der Waals surface area contributed by atoms with Gasteiger partial charge in [0.25, 0.3) is 0 Å². The van der Waals surface area contributed by atoms with E-state index in [1.54, 1.807) is 0 Å². The molecule has 1 aliphatic heterocycles. The molecule has 1 rings (SSSR count). The first-order valence-corrected chi connectivity index (χ1v) is 6.39. The van der Waals surface area contributed by atoms with Gasteiger partial charge >= 0.3 is 12.1 Å². The summed E-state index contributed by atoms with van der Waals surface area (Å²) in [6, 6.07) is 0. The van der Waals surface area contributed by atoms with Crippen molar-refractivity contribution in [1.82, 2.24) is 4.90 Å². The van der Waals surface area contributed by atoms with Gasteiger partial charge in [-0.2, -0.15) is 13.2 Å². The van der Waals surface area contributed by atoms with E-state index in [0.29, 0.717) is 32.5 Å². The SMILES string of the molecule is CCC1(C(=O)O)CCCN(CCOCC(F)(F)F)C1. The molecular weight excluding hydrogens is 263 g/mol. The van der Waals surface area contributed by atoms with E-state index in [-0.39, 0.29) is 6.61 Å². The molecule has 1 fully saturated rings. The second kappa shape index (κ2) is 6.56.